The SMILES string of the molecule is C=CC(=C)Nc1ccc(C=C)cc1. The Kier molecular flexibility index (Phi) is 3.09. The van der Waals surface area contributed by atoms with Crippen LogP contribution in [0.25, 0.3) is 6.08 Å². The third-order valence-electron chi connectivity index (χ3n) is 1.70. The van der Waals surface area contributed by atoms with Crippen LogP contribution in [0.15, 0.2) is 55.8 Å². The second kappa shape index (κ2) is 4.31. The lowest BCUT2D eigenvalue weighted by Crippen LogP contribution is -1.93. The molecule has 1 aromatic carbocycles. The van der Waals surface area contributed by atoms with Crippen LogP contribution in [-0.4, -0.2) is 0 Å². The van der Waals surface area contributed by atoms with E-state index in [0.717, 1.165) is 16.9 Å². The van der Waals surface area contributed by atoms with Crippen molar-refractivity contribution in [3.05, 3.63) is 61.3 Å². The van der Waals surface area contributed by atoms with Crippen LogP contribution in [0.1, 0.15) is 5.56 Å². The van der Waals surface area contributed by atoms with Crippen molar-refractivity contribution < 1.29 is 0 Å². The van der Waals surface area contributed by atoms with Gasteiger partial charge >= 0.3 is 0 Å². The van der Waals surface area contributed by atoms with E-state index in [2.05, 4.69) is 25.1 Å². The van der Waals surface area contributed by atoms with Crippen molar-refractivity contribution in [2.45, 2.75) is 0 Å². The lowest BCUT2D eigenvalue weighted by molar-refractivity contribution is 1.49. The van der Waals surface area contributed by atoms with Crippen molar-refractivity contribution in [2.75, 3.05) is 5.32 Å². The zero-order valence-corrected chi connectivity index (χ0v) is 7.59. The molecule has 0 atom stereocenters. The quantitative estimate of drug-likeness (QED) is 0.684. The Hall–Kier alpha value is -1.76. The minimum absolute atomic E-state index is 0.798. The van der Waals surface area contributed by atoms with Gasteiger partial charge in [-0.2, -0.15) is 0 Å². The van der Waals surface area contributed by atoms with Crippen LogP contribution >= 0.6 is 0 Å². The number of anilines is 1. The molecule has 0 aliphatic heterocycles. The first-order valence-electron chi connectivity index (χ1n) is 4.07. The van der Waals surface area contributed by atoms with Crippen molar-refractivity contribution in [1.82, 2.24) is 0 Å². The highest BCUT2D eigenvalue weighted by Crippen LogP contribution is 2.11. The van der Waals surface area contributed by atoms with E-state index < -0.39 is 0 Å². The van der Waals surface area contributed by atoms with Gasteiger partial charge in [0.2, 0.25) is 0 Å². The van der Waals surface area contributed by atoms with E-state index in [1.54, 1.807) is 6.08 Å². The lowest BCUT2D eigenvalue weighted by Gasteiger charge is -2.05. The number of nitrogens with one attached hydrogen (secondary N) is 1. The molecule has 0 aliphatic carbocycles. The summed E-state index contributed by atoms with van der Waals surface area (Å²) in [5, 5.41) is 3.10. The third kappa shape index (κ3) is 2.64. The molecule has 13 heavy (non-hydrogen) atoms. The van der Waals surface area contributed by atoms with Crippen molar-refractivity contribution in [3.63, 3.8) is 0 Å². The lowest BCUT2D eigenvalue weighted by atomic mass is 10.2. The first-order chi connectivity index (χ1) is 6.26. The van der Waals surface area contributed by atoms with Crippen molar-refractivity contribution in [3.8, 4) is 0 Å². The highest BCUT2D eigenvalue weighted by atomic mass is 14.9. The summed E-state index contributed by atoms with van der Waals surface area (Å²) in [5.41, 5.74) is 2.91. The predicted molar refractivity (Wildman–Crippen MR) is 59.5 cm³/mol. The summed E-state index contributed by atoms with van der Waals surface area (Å²) in [6.07, 6.45) is 3.49. The van der Waals surface area contributed by atoms with Crippen molar-refractivity contribution in [2.24, 2.45) is 0 Å². The first-order valence-corrected chi connectivity index (χ1v) is 4.07. The Morgan fingerprint density at radius 2 is 1.77 bits per heavy atom. The summed E-state index contributed by atoms with van der Waals surface area (Å²) >= 11 is 0. The summed E-state index contributed by atoms with van der Waals surface area (Å²) in [4.78, 5) is 0. The molecule has 0 bridgehead atoms. The molecule has 0 unspecified atom stereocenters. The Morgan fingerprint density at radius 3 is 2.23 bits per heavy atom. The standard InChI is InChI=1S/C12H13N/c1-4-10(3)13-12-8-6-11(5-2)7-9-12/h4-9,13H,1-3H2. The molecule has 1 N–H and O–H groups in total. The number of benzene rings is 1. The van der Waals surface area contributed by atoms with E-state index in [4.69, 9.17) is 0 Å². The Bertz CT molecular complexity index is 319. The second-order valence-electron chi connectivity index (χ2n) is 2.68. The molecular formula is C12H13N. The van der Waals surface area contributed by atoms with Crippen molar-refractivity contribution in [1.29, 1.82) is 0 Å². The topological polar surface area (TPSA) is 12.0 Å². The van der Waals surface area contributed by atoms with E-state index in [1.807, 2.05) is 30.3 Å². The fourth-order valence-corrected chi connectivity index (χ4v) is 0.939. The fourth-order valence-electron chi connectivity index (χ4n) is 0.939. The van der Waals surface area contributed by atoms with Crippen LogP contribution in [-0.2, 0) is 0 Å². The van der Waals surface area contributed by atoms with Gasteiger partial charge in [0.05, 0.1) is 0 Å². The van der Waals surface area contributed by atoms with Crippen LogP contribution in [0.4, 0.5) is 5.69 Å². The van der Waals surface area contributed by atoms with Gasteiger partial charge in [0.15, 0.2) is 0 Å². The second-order valence-corrected chi connectivity index (χ2v) is 2.68. The summed E-state index contributed by atoms with van der Waals surface area (Å²) in [7, 11) is 0. The molecule has 0 aromatic heterocycles. The van der Waals surface area contributed by atoms with Gasteiger partial charge in [0, 0.05) is 11.4 Å². The van der Waals surface area contributed by atoms with E-state index in [-0.39, 0.29) is 0 Å². The smallest absolute Gasteiger partial charge is 0.0384 e. The molecule has 1 aromatic rings. The largest absolute Gasteiger partial charge is 0.356 e. The summed E-state index contributed by atoms with van der Waals surface area (Å²) in [6.45, 7) is 11.1. The number of hydrogen-bond donors (Lipinski definition) is 1. The molecule has 1 heteroatoms. The molecule has 1 rings (SSSR count). The van der Waals surface area contributed by atoms with Crippen LogP contribution in [0, 0.1) is 0 Å². The molecule has 0 aliphatic rings. The highest BCUT2D eigenvalue weighted by molar-refractivity contribution is 5.56. The molecule has 66 valence electrons. The Morgan fingerprint density at radius 1 is 1.15 bits per heavy atom. The maximum Gasteiger partial charge on any atom is 0.0384 e. The van der Waals surface area contributed by atoms with Crippen LogP contribution in [0.3, 0.4) is 0 Å². The molecule has 0 spiro atoms. The van der Waals surface area contributed by atoms with E-state index >= 15 is 0 Å². The maximum absolute atomic E-state index is 3.76. The van der Waals surface area contributed by atoms with Gasteiger partial charge in [-0.05, 0) is 23.8 Å². The zero-order chi connectivity index (χ0) is 9.68. The fraction of sp³-hybridized carbons (Fsp3) is 0. The van der Waals surface area contributed by atoms with Crippen LogP contribution < -0.4 is 5.32 Å². The van der Waals surface area contributed by atoms with Gasteiger partial charge in [0.25, 0.3) is 0 Å². The van der Waals surface area contributed by atoms with Gasteiger partial charge in [-0.15, -0.1) is 0 Å². The summed E-state index contributed by atoms with van der Waals surface area (Å²) in [6, 6.07) is 7.94. The van der Waals surface area contributed by atoms with Gasteiger partial charge < -0.3 is 5.32 Å². The minimum Gasteiger partial charge on any atom is -0.356 e. The molecule has 1 nitrogen and oxygen atoms in total. The van der Waals surface area contributed by atoms with Crippen molar-refractivity contribution >= 4 is 11.8 Å². The van der Waals surface area contributed by atoms with E-state index in [0.29, 0.717) is 0 Å². The minimum atomic E-state index is 0.798. The van der Waals surface area contributed by atoms with Gasteiger partial charge in [0.1, 0.15) is 0 Å². The maximum atomic E-state index is 3.76. The molecule has 0 saturated heterocycles. The number of rotatable bonds is 4. The zero-order valence-electron chi connectivity index (χ0n) is 7.59. The number of allylic oxidation sites excluding steroid dienone is 1. The van der Waals surface area contributed by atoms with E-state index in [9.17, 15) is 0 Å². The normalized spacial score (nSPS) is 8.92. The molecular weight excluding hydrogens is 158 g/mol. The first kappa shape index (κ1) is 9.33. The van der Waals surface area contributed by atoms with Crippen LogP contribution in [0.2, 0.25) is 0 Å². The monoisotopic (exact) mass is 171 g/mol. The molecule has 0 saturated carbocycles. The van der Waals surface area contributed by atoms with Gasteiger partial charge in [-0.25, -0.2) is 0 Å². The van der Waals surface area contributed by atoms with E-state index in [1.165, 1.54) is 0 Å². The Balaban J connectivity index is 2.74. The third-order valence-corrected chi connectivity index (χ3v) is 1.70. The molecule has 0 radical (unpaired) electrons. The average molecular weight is 171 g/mol. The summed E-state index contributed by atoms with van der Waals surface area (Å²) < 4.78 is 0. The molecule has 0 fully saturated rings. The predicted octanol–water partition coefficient (Wildman–Crippen LogP) is 3.44. The summed E-state index contributed by atoms with van der Waals surface area (Å²) in [5.74, 6) is 0. The van der Waals surface area contributed by atoms with Gasteiger partial charge in [-0.1, -0.05) is 37.9 Å². The van der Waals surface area contributed by atoms with Crippen LogP contribution in [0.5, 0.6) is 0 Å². The molecule has 0 heterocycles. The molecule has 0 amide bonds. The van der Waals surface area contributed by atoms with Gasteiger partial charge in [-0.3, -0.25) is 0 Å². The Labute approximate surface area is 79.1 Å². The average Bonchev–Trinajstić information content (AvgIpc) is 2.19. The highest BCUT2D eigenvalue weighted by Gasteiger charge is 1.91. The number of hydrogen-bond acceptors (Lipinski definition) is 1.